The minimum Gasteiger partial charge on any atom is -1.00 e. The largest absolute Gasteiger partial charge is 1.00 e. The Balaban J connectivity index is -0.00000242. The van der Waals surface area contributed by atoms with Crippen LogP contribution in [-0.2, 0) is 14.9 Å². The number of aliphatic hydroxyl groups excluding tert-OH is 1. The summed E-state index contributed by atoms with van der Waals surface area (Å²) in [5, 5.41) is 8.98. The summed E-state index contributed by atoms with van der Waals surface area (Å²) in [5.74, 6) is -0.540. The van der Waals surface area contributed by atoms with E-state index in [4.69, 9.17) is 14.4 Å². The zero-order valence-corrected chi connectivity index (χ0v) is 18.5. The first-order valence-electron chi connectivity index (χ1n) is 9.17. The molecule has 24 heavy (non-hydrogen) atoms. The van der Waals surface area contributed by atoms with Gasteiger partial charge in [-0.1, -0.05) is 77.6 Å². The number of ether oxygens (including phenoxy) is 1. The van der Waals surface area contributed by atoms with Crippen molar-refractivity contribution in [2.75, 3.05) is 19.0 Å². The van der Waals surface area contributed by atoms with Crippen LogP contribution in [0, 0.1) is 0 Å². The summed E-state index contributed by atoms with van der Waals surface area (Å²) in [6.45, 7) is 2.28. The summed E-state index contributed by atoms with van der Waals surface area (Å²) < 4.78 is 35.4. The molecule has 0 radical (unpaired) electrons. The number of aliphatic hydroxyl groups is 1. The van der Waals surface area contributed by atoms with Gasteiger partial charge in [-0.3, -0.25) is 4.55 Å². The Hall–Kier alpha value is 0.830. The van der Waals surface area contributed by atoms with Gasteiger partial charge in [0, 0.05) is 6.61 Å². The monoisotopic (exact) mass is 376 g/mol. The van der Waals surface area contributed by atoms with E-state index < -0.39 is 28.6 Å². The molecule has 5 nitrogen and oxygen atoms in total. The Morgan fingerprint density at radius 2 is 1.29 bits per heavy atom. The first-order chi connectivity index (χ1) is 11.0. The van der Waals surface area contributed by atoms with Gasteiger partial charge in [0.15, 0.2) is 0 Å². The average Bonchev–Trinajstić information content (AvgIpc) is 2.49. The van der Waals surface area contributed by atoms with Crippen LogP contribution in [0.1, 0.15) is 85.4 Å². The molecular formula is C17H37NaO5S. The molecule has 0 aromatic heterocycles. The third-order valence-electron chi connectivity index (χ3n) is 3.95. The standard InChI is InChI=1S/C17H36O5S.Na.H/c1-2-3-4-5-6-7-8-9-10-11-12-13-14-22-17(15-18)16-23(19,20)21;;/h17-18H,2-16H2,1H3,(H,19,20,21);;/q;+1;-1. The molecule has 0 heterocycles. The van der Waals surface area contributed by atoms with Crippen LogP contribution in [0.25, 0.3) is 0 Å². The quantitative estimate of drug-likeness (QED) is 0.225. The smallest absolute Gasteiger partial charge is 1.00 e. The minimum absolute atomic E-state index is 0. The Morgan fingerprint density at radius 3 is 1.67 bits per heavy atom. The predicted molar refractivity (Wildman–Crippen MR) is 95.4 cm³/mol. The van der Waals surface area contributed by atoms with Gasteiger partial charge in [-0.05, 0) is 6.42 Å². The topological polar surface area (TPSA) is 83.8 Å². The van der Waals surface area contributed by atoms with Crippen LogP contribution in [0.15, 0.2) is 0 Å². The summed E-state index contributed by atoms with van der Waals surface area (Å²) >= 11 is 0. The molecule has 0 aromatic carbocycles. The van der Waals surface area contributed by atoms with E-state index in [0.29, 0.717) is 6.61 Å². The van der Waals surface area contributed by atoms with Gasteiger partial charge in [0.2, 0.25) is 0 Å². The van der Waals surface area contributed by atoms with Gasteiger partial charge in [0.25, 0.3) is 10.1 Å². The fourth-order valence-electron chi connectivity index (χ4n) is 2.58. The molecule has 0 saturated heterocycles. The van der Waals surface area contributed by atoms with E-state index in [1.807, 2.05) is 0 Å². The second kappa shape index (κ2) is 18.6. The SMILES string of the molecule is CCCCCCCCCCCCCCOC(CO)CS(=O)(=O)O.[H-].[Na+]. The molecule has 0 aliphatic rings. The molecule has 142 valence electrons. The first-order valence-corrected chi connectivity index (χ1v) is 10.8. The molecule has 0 spiro atoms. The van der Waals surface area contributed by atoms with Crippen LogP contribution in [0.3, 0.4) is 0 Å². The maximum absolute atomic E-state index is 10.7. The molecule has 0 bridgehead atoms. The first kappa shape index (κ1) is 27.1. The minimum atomic E-state index is -4.09. The van der Waals surface area contributed by atoms with E-state index in [1.54, 1.807) is 0 Å². The summed E-state index contributed by atoms with van der Waals surface area (Å²) in [4.78, 5) is 0. The number of hydrogen-bond acceptors (Lipinski definition) is 4. The average molecular weight is 377 g/mol. The molecular weight excluding hydrogens is 339 g/mol. The maximum atomic E-state index is 10.7. The van der Waals surface area contributed by atoms with Gasteiger partial charge in [0.05, 0.1) is 12.7 Å². The molecule has 0 saturated carbocycles. The molecule has 0 fully saturated rings. The zero-order chi connectivity index (χ0) is 17.4. The second-order valence-corrected chi connectivity index (χ2v) is 7.81. The number of rotatable bonds is 17. The predicted octanol–water partition coefficient (Wildman–Crippen LogP) is 1.07. The molecule has 0 aliphatic carbocycles. The summed E-state index contributed by atoms with van der Waals surface area (Å²) in [7, 11) is -4.09. The van der Waals surface area contributed by atoms with E-state index in [0.717, 1.165) is 12.8 Å². The van der Waals surface area contributed by atoms with Gasteiger partial charge < -0.3 is 11.3 Å². The Morgan fingerprint density at radius 1 is 0.875 bits per heavy atom. The summed E-state index contributed by atoms with van der Waals surface area (Å²) in [6.07, 6.45) is 14.2. The van der Waals surface area contributed by atoms with Crippen LogP contribution in [-0.4, -0.2) is 43.1 Å². The van der Waals surface area contributed by atoms with Crippen molar-refractivity contribution in [3.05, 3.63) is 0 Å². The van der Waals surface area contributed by atoms with Crippen molar-refractivity contribution in [1.29, 1.82) is 0 Å². The third-order valence-corrected chi connectivity index (χ3v) is 4.74. The van der Waals surface area contributed by atoms with E-state index >= 15 is 0 Å². The summed E-state index contributed by atoms with van der Waals surface area (Å²) in [5.41, 5.74) is 0. The van der Waals surface area contributed by atoms with Crippen molar-refractivity contribution < 1.29 is 53.8 Å². The Labute approximate surface area is 172 Å². The molecule has 0 aliphatic heterocycles. The van der Waals surface area contributed by atoms with Crippen LogP contribution < -0.4 is 29.6 Å². The van der Waals surface area contributed by atoms with Crippen LogP contribution in [0.2, 0.25) is 0 Å². The van der Waals surface area contributed by atoms with Gasteiger partial charge in [-0.2, -0.15) is 8.42 Å². The van der Waals surface area contributed by atoms with Crippen molar-refractivity contribution in [2.45, 2.75) is 90.1 Å². The van der Waals surface area contributed by atoms with Gasteiger partial charge in [-0.15, -0.1) is 0 Å². The molecule has 1 unspecified atom stereocenters. The molecule has 0 rings (SSSR count). The number of unbranched alkanes of at least 4 members (excludes halogenated alkanes) is 11. The maximum Gasteiger partial charge on any atom is 1.00 e. The number of hydrogen-bond donors (Lipinski definition) is 2. The normalized spacial score (nSPS) is 12.8. The van der Waals surface area contributed by atoms with Gasteiger partial charge in [0.1, 0.15) is 5.75 Å². The van der Waals surface area contributed by atoms with Crippen LogP contribution >= 0.6 is 0 Å². The van der Waals surface area contributed by atoms with Gasteiger partial charge >= 0.3 is 29.6 Å². The molecule has 7 heteroatoms. The molecule has 2 N–H and O–H groups in total. The van der Waals surface area contributed by atoms with Crippen LogP contribution in [0.4, 0.5) is 0 Å². The second-order valence-electron chi connectivity index (χ2n) is 6.31. The van der Waals surface area contributed by atoms with Crippen molar-refractivity contribution in [3.63, 3.8) is 0 Å². The van der Waals surface area contributed by atoms with E-state index in [-0.39, 0.29) is 31.0 Å². The van der Waals surface area contributed by atoms with Gasteiger partial charge in [-0.25, -0.2) is 0 Å². The Bertz CT molecular complexity index is 355. The molecule has 0 amide bonds. The summed E-state index contributed by atoms with van der Waals surface area (Å²) in [6, 6.07) is 0. The fraction of sp³-hybridized carbons (Fsp3) is 1.00. The van der Waals surface area contributed by atoms with Crippen molar-refractivity contribution in [3.8, 4) is 0 Å². The van der Waals surface area contributed by atoms with Crippen molar-refractivity contribution in [1.82, 2.24) is 0 Å². The third kappa shape index (κ3) is 20.9. The Kier molecular flexibility index (Phi) is 21.0. The zero-order valence-electron chi connectivity index (χ0n) is 16.7. The molecule has 1 atom stereocenters. The molecule has 0 aromatic rings. The van der Waals surface area contributed by atoms with Crippen molar-refractivity contribution in [2.24, 2.45) is 0 Å². The van der Waals surface area contributed by atoms with Crippen LogP contribution in [0.5, 0.6) is 0 Å². The van der Waals surface area contributed by atoms with Crippen molar-refractivity contribution >= 4 is 10.1 Å². The van der Waals surface area contributed by atoms with E-state index in [2.05, 4.69) is 6.92 Å². The van der Waals surface area contributed by atoms with E-state index in [1.165, 1.54) is 64.2 Å². The fourth-order valence-corrected chi connectivity index (χ4v) is 3.25. The van der Waals surface area contributed by atoms with E-state index in [9.17, 15) is 8.42 Å².